The molecule has 0 saturated carbocycles. The first-order valence-corrected chi connectivity index (χ1v) is 10.5. The van der Waals surface area contributed by atoms with E-state index in [1.165, 1.54) is 0 Å². The summed E-state index contributed by atoms with van der Waals surface area (Å²) in [4.78, 5) is 0. The molecule has 1 aromatic rings. The van der Waals surface area contributed by atoms with Crippen molar-refractivity contribution in [3.8, 4) is 0 Å². The van der Waals surface area contributed by atoms with Crippen molar-refractivity contribution in [3.63, 3.8) is 0 Å². The quantitative estimate of drug-likeness (QED) is 0.787. The van der Waals surface area contributed by atoms with Gasteiger partial charge in [0.2, 0.25) is 0 Å². The van der Waals surface area contributed by atoms with Crippen molar-refractivity contribution in [2.45, 2.75) is 45.8 Å². The van der Waals surface area contributed by atoms with Gasteiger partial charge < -0.3 is 14.1 Å². The molecule has 1 unspecified atom stereocenters. The van der Waals surface area contributed by atoms with Crippen LogP contribution in [0.4, 0.5) is 0 Å². The summed E-state index contributed by atoms with van der Waals surface area (Å²) < 4.78 is 11.7. The lowest BCUT2D eigenvalue weighted by molar-refractivity contribution is 0.164. The second-order valence-electron chi connectivity index (χ2n) is 7.27. The van der Waals surface area contributed by atoms with Crippen molar-refractivity contribution in [1.29, 1.82) is 0 Å². The van der Waals surface area contributed by atoms with Crippen LogP contribution < -0.4 is 5.46 Å². The topological polar surface area (TPSA) is 38.7 Å². The predicted octanol–water partition coefficient (Wildman–Crippen LogP) is 3.05. The molecular weight excluding hydrogens is 279 g/mol. The first-order valence-electron chi connectivity index (χ1n) is 7.62. The van der Waals surface area contributed by atoms with E-state index in [-0.39, 0.29) is 11.0 Å². The second-order valence-corrected chi connectivity index (χ2v) is 12.1. The van der Waals surface area contributed by atoms with E-state index in [0.717, 1.165) is 5.46 Å². The monoisotopic (exact) mass is 308 g/mol. The van der Waals surface area contributed by atoms with Crippen molar-refractivity contribution in [3.05, 3.63) is 30.3 Å². The maximum Gasteiger partial charge on any atom is 0.491 e. The third-order valence-corrected chi connectivity index (χ3v) is 8.66. The highest BCUT2D eigenvalue weighted by atomic mass is 28.4. The Morgan fingerprint density at radius 3 is 2.24 bits per heavy atom. The molecule has 0 heterocycles. The zero-order valence-electron chi connectivity index (χ0n) is 14.2. The fraction of sp³-hybridized carbons (Fsp3) is 0.625. The van der Waals surface area contributed by atoms with E-state index in [2.05, 4.69) is 40.8 Å². The number of hydrogen-bond acceptors (Lipinski definition) is 3. The lowest BCUT2D eigenvalue weighted by Crippen LogP contribution is -2.42. The Morgan fingerprint density at radius 2 is 1.71 bits per heavy atom. The van der Waals surface area contributed by atoms with Crippen molar-refractivity contribution in [1.82, 2.24) is 0 Å². The van der Waals surface area contributed by atoms with E-state index in [4.69, 9.17) is 9.08 Å². The minimum Gasteiger partial charge on any atom is -0.423 e. The summed E-state index contributed by atoms with van der Waals surface area (Å²) in [6, 6.07) is 9.44. The Labute approximate surface area is 130 Å². The Hall–Kier alpha value is -0.618. The Bertz CT molecular complexity index is 417. The van der Waals surface area contributed by atoms with E-state index < -0.39 is 15.4 Å². The fourth-order valence-corrected chi connectivity index (χ4v) is 2.72. The van der Waals surface area contributed by atoms with Crippen LogP contribution in [-0.4, -0.2) is 33.7 Å². The average Bonchev–Trinajstić information content (AvgIpc) is 2.42. The zero-order chi connectivity index (χ0) is 16.1. The van der Waals surface area contributed by atoms with Crippen LogP contribution in [0.5, 0.6) is 0 Å². The lowest BCUT2D eigenvalue weighted by Gasteiger charge is -2.37. The number of benzene rings is 1. The van der Waals surface area contributed by atoms with E-state index in [1.54, 1.807) is 0 Å². The van der Waals surface area contributed by atoms with Crippen LogP contribution in [-0.2, 0) is 9.08 Å². The van der Waals surface area contributed by atoms with Gasteiger partial charge in [0.15, 0.2) is 8.32 Å². The van der Waals surface area contributed by atoms with Gasteiger partial charge in [0.25, 0.3) is 0 Å². The lowest BCUT2D eigenvalue weighted by atomic mass is 9.79. The predicted molar refractivity (Wildman–Crippen MR) is 92.3 cm³/mol. The van der Waals surface area contributed by atoms with Gasteiger partial charge in [-0.15, -0.1) is 0 Å². The molecule has 0 saturated heterocycles. The molecule has 0 spiro atoms. The molecule has 0 aliphatic heterocycles. The van der Waals surface area contributed by atoms with Gasteiger partial charge in [0, 0.05) is 13.2 Å². The van der Waals surface area contributed by atoms with Crippen LogP contribution in [0, 0.1) is 5.92 Å². The van der Waals surface area contributed by atoms with Crippen LogP contribution in [0.15, 0.2) is 30.3 Å². The highest BCUT2D eigenvalue weighted by molar-refractivity contribution is 6.74. The molecular formula is C16H29BO3Si. The maximum atomic E-state index is 9.97. The van der Waals surface area contributed by atoms with Crippen LogP contribution >= 0.6 is 0 Å². The Morgan fingerprint density at radius 1 is 1.14 bits per heavy atom. The Kier molecular flexibility index (Phi) is 6.66. The van der Waals surface area contributed by atoms with Gasteiger partial charge >= 0.3 is 7.12 Å². The number of hydrogen-bond donors (Lipinski definition) is 1. The van der Waals surface area contributed by atoms with Crippen LogP contribution in [0.25, 0.3) is 0 Å². The molecule has 0 aromatic heterocycles. The minimum atomic E-state index is -1.71. The molecule has 0 fully saturated rings. The molecule has 0 aliphatic rings. The molecule has 5 heteroatoms. The third-order valence-electron chi connectivity index (χ3n) is 4.16. The van der Waals surface area contributed by atoms with Gasteiger partial charge in [-0.1, -0.05) is 58.0 Å². The van der Waals surface area contributed by atoms with Gasteiger partial charge in [0.1, 0.15) is 0 Å². The molecule has 1 aromatic carbocycles. The average molecular weight is 308 g/mol. The molecule has 1 atom stereocenters. The summed E-state index contributed by atoms with van der Waals surface area (Å²) in [6.45, 7) is 14.5. The van der Waals surface area contributed by atoms with Crippen LogP contribution in [0.2, 0.25) is 18.1 Å². The van der Waals surface area contributed by atoms with Gasteiger partial charge in [-0.2, -0.15) is 0 Å². The first kappa shape index (κ1) is 18.4. The molecule has 0 aliphatic carbocycles. The third kappa shape index (κ3) is 5.95. The van der Waals surface area contributed by atoms with E-state index in [0.29, 0.717) is 13.2 Å². The van der Waals surface area contributed by atoms with E-state index in [1.807, 2.05) is 30.3 Å². The van der Waals surface area contributed by atoms with Crippen molar-refractivity contribution in [2.24, 2.45) is 5.92 Å². The molecule has 0 amide bonds. The molecule has 1 N–H and O–H groups in total. The summed E-state index contributed by atoms with van der Waals surface area (Å²) in [5, 5.41) is 10.2. The standard InChI is InChI=1S/C16H29BO3Si/c1-14(13-20-21(5,6)16(2,3)4)12-19-17(18)15-10-8-7-9-11-15/h7-11,14,18H,12-13H2,1-6H3. The molecule has 0 radical (unpaired) electrons. The summed E-state index contributed by atoms with van der Waals surface area (Å²) in [6.07, 6.45) is 0. The SMILES string of the molecule is CC(COB(O)c1ccccc1)CO[Si](C)(C)C(C)(C)C. The fourth-order valence-electron chi connectivity index (χ4n) is 1.58. The zero-order valence-corrected chi connectivity index (χ0v) is 15.2. The van der Waals surface area contributed by atoms with Gasteiger partial charge in [-0.25, -0.2) is 0 Å². The summed E-state index contributed by atoms with van der Waals surface area (Å²) in [5.74, 6) is 0.262. The second kappa shape index (κ2) is 7.59. The highest BCUT2D eigenvalue weighted by Crippen LogP contribution is 2.36. The molecule has 0 bridgehead atoms. The normalized spacial score (nSPS) is 14.0. The smallest absolute Gasteiger partial charge is 0.423 e. The Balaban J connectivity index is 2.36. The highest BCUT2D eigenvalue weighted by Gasteiger charge is 2.37. The van der Waals surface area contributed by atoms with Gasteiger partial charge in [-0.3, -0.25) is 0 Å². The first-order chi connectivity index (χ1) is 9.63. The van der Waals surface area contributed by atoms with Crippen molar-refractivity contribution >= 4 is 20.9 Å². The van der Waals surface area contributed by atoms with Crippen molar-refractivity contribution < 1.29 is 14.1 Å². The molecule has 3 nitrogen and oxygen atoms in total. The summed E-state index contributed by atoms with van der Waals surface area (Å²) >= 11 is 0. The van der Waals surface area contributed by atoms with Crippen LogP contribution in [0.3, 0.4) is 0 Å². The minimum absolute atomic E-state index is 0.219. The van der Waals surface area contributed by atoms with E-state index >= 15 is 0 Å². The van der Waals surface area contributed by atoms with Gasteiger partial charge in [-0.05, 0) is 29.5 Å². The molecule has 21 heavy (non-hydrogen) atoms. The molecule has 118 valence electrons. The summed E-state index contributed by atoms with van der Waals surface area (Å²) in [7, 11) is -2.57. The van der Waals surface area contributed by atoms with Crippen LogP contribution in [0.1, 0.15) is 27.7 Å². The van der Waals surface area contributed by atoms with E-state index in [9.17, 15) is 5.02 Å². The van der Waals surface area contributed by atoms with Crippen molar-refractivity contribution in [2.75, 3.05) is 13.2 Å². The van der Waals surface area contributed by atoms with Gasteiger partial charge in [0.05, 0.1) is 0 Å². The molecule has 1 rings (SSSR count). The summed E-state index contributed by atoms with van der Waals surface area (Å²) in [5.41, 5.74) is 0.787. The largest absolute Gasteiger partial charge is 0.491 e. The number of rotatable bonds is 7. The maximum absolute atomic E-state index is 9.97.